The Bertz CT molecular complexity index is 968. The molecule has 8 heteroatoms. The lowest BCUT2D eigenvalue weighted by atomic mass is 9.95. The average Bonchev–Trinajstić information content (AvgIpc) is 3.42. The molecular weight excluding hydrogens is 426 g/mol. The summed E-state index contributed by atoms with van der Waals surface area (Å²) in [6.45, 7) is 4.11. The van der Waals surface area contributed by atoms with Crippen LogP contribution in [0, 0.1) is 0 Å². The molecule has 7 nitrogen and oxygen atoms in total. The summed E-state index contributed by atoms with van der Waals surface area (Å²) in [5.74, 6) is 0.752. The van der Waals surface area contributed by atoms with Crippen molar-refractivity contribution in [2.45, 2.75) is 58.0 Å². The number of nitrogens with zero attached hydrogens (tertiary/aromatic N) is 1. The molecule has 1 aromatic carbocycles. The second kappa shape index (κ2) is 10.3. The van der Waals surface area contributed by atoms with Crippen molar-refractivity contribution in [3.05, 3.63) is 40.3 Å². The van der Waals surface area contributed by atoms with Crippen molar-refractivity contribution in [1.82, 2.24) is 4.90 Å². The Balaban J connectivity index is 1.33. The van der Waals surface area contributed by atoms with E-state index in [0.29, 0.717) is 36.6 Å². The first-order valence-electron chi connectivity index (χ1n) is 11.4. The fraction of sp³-hybridized carbons (Fsp3) is 0.500. The van der Waals surface area contributed by atoms with Crippen LogP contribution >= 0.6 is 11.3 Å². The van der Waals surface area contributed by atoms with E-state index in [-0.39, 0.29) is 18.1 Å². The summed E-state index contributed by atoms with van der Waals surface area (Å²) in [5.41, 5.74) is 9.10. The van der Waals surface area contributed by atoms with Crippen LogP contribution in [-0.4, -0.2) is 42.7 Å². The smallest absolute Gasteiger partial charge is 0.410 e. The molecule has 0 radical (unpaired) electrons. The number of aryl methyl sites for hydroxylation is 1. The lowest BCUT2D eigenvalue weighted by molar-refractivity contribution is -0.116. The van der Waals surface area contributed by atoms with Crippen LogP contribution in [0.4, 0.5) is 15.5 Å². The summed E-state index contributed by atoms with van der Waals surface area (Å²) < 4.78 is 11.4. The number of ether oxygens (including phenoxy) is 2. The van der Waals surface area contributed by atoms with Crippen molar-refractivity contribution in [2.75, 3.05) is 30.7 Å². The van der Waals surface area contributed by atoms with E-state index < -0.39 is 0 Å². The van der Waals surface area contributed by atoms with E-state index in [1.54, 1.807) is 4.90 Å². The molecule has 1 unspecified atom stereocenters. The third-order valence-corrected chi connectivity index (χ3v) is 7.23. The van der Waals surface area contributed by atoms with Crippen molar-refractivity contribution in [3.8, 4) is 5.75 Å². The van der Waals surface area contributed by atoms with Crippen molar-refractivity contribution >= 4 is 34.0 Å². The van der Waals surface area contributed by atoms with Gasteiger partial charge in [-0.05, 0) is 56.2 Å². The molecule has 32 heavy (non-hydrogen) atoms. The van der Waals surface area contributed by atoms with Crippen LogP contribution in [0.25, 0.3) is 0 Å². The second-order valence-corrected chi connectivity index (χ2v) is 9.38. The van der Waals surface area contributed by atoms with E-state index in [9.17, 15) is 9.59 Å². The molecule has 1 saturated heterocycles. The first kappa shape index (κ1) is 22.5. The van der Waals surface area contributed by atoms with E-state index in [2.05, 4.69) is 5.32 Å². The number of benzene rings is 1. The SMILES string of the molecule is CCOc1ccccc1CCC(=O)Nc1sc2c(c1N)CCC(OC(=O)N1CCCC1)C2. The quantitative estimate of drug-likeness (QED) is 0.643. The van der Waals surface area contributed by atoms with Crippen LogP contribution in [0.15, 0.2) is 24.3 Å². The highest BCUT2D eigenvalue weighted by molar-refractivity contribution is 7.17. The molecule has 1 aliphatic carbocycles. The molecule has 2 amide bonds. The van der Waals surface area contributed by atoms with Crippen molar-refractivity contribution in [1.29, 1.82) is 0 Å². The largest absolute Gasteiger partial charge is 0.494 e. The molecule has 0 saturated carbocycles. The van der Waals surface area contributed by atoms with Gasteiger partial charge in [0.1, 0.15) is 16.9 Å². The predicted molar refractivity (Wildman–Crippen MR) is 126 cm³/mol. The number of nitrogen functional groups attached to an aromatic ring is 1. The number of hydrogen-bond acceptors (Lipinski definition) is 6. The summed E-state index contributed by atoms with van der Waals surface area (Å²) in [6.07, 6.45) is 4.87. The Morgan fingerprint density at radius 1 is 1.25 bits per heavy atom. The summed E-state index contributed by atoms with van der Waals surface area (Å²) in [7, 11) is 0. The zero-order valence-electron chi connectivity index (χ0n) is 18.5. The van der Waals surface area contributed by atoms with Gasteiger partial charge in [-0.15, -0.1) is 11.3 Å². The first-order valence-corrected chi connectivity index (χ1v) is 12.2. The Kier molecular flexibility index (Phi) is 7.19. The number of carbonyl (C=O) groups excluding carboxylic acids is 2. The standard InChI is InChI=1S/C24H31N3O4S/c1-2-30-19-8-4-3-7-16(19)9-12-21(28)26-23-22(25)18-11-10-17(15-20(18)32-23)31-24(29)27-13-5-6-14-27/h3-4,7-8,17H,2,5-6,9-15,25H2,1H3,(H,26,28). The molecular formula is C24H31N3O4S. The Hall–Kier alpha value is -2.74. The van der Waals surface area contributed by atoms with Crippen molar-refractivity contribution in [2.24, 2.45) is 0 Å². The van der Waals surface area contributed by atoms with Gasteiger partial charge in [0.15, 0.2) is 0 Å². The van der Waals surface area contributed by atoms with Crippen molar-refractivity contribution < 1.29 is 19.1 Å². The number of likely N-dealkylation sites (tertiary alicyclic amines) is 1. The number of amides is 2. The molecule has 3 N–H and O–H groups in total. The molecule has 2 aromatic rings. The van der Waals surface area contributed by atoms with Gasteiger partial charge in [0.2, 0.25) is 5.91 Å². The number of thiophene rings is 1. The maximum atomic E-state index is 12.6. The van der Waals surface area contributed by atoms with Gasteiger partial charge in [-0.1, -0.05) is 18.2 Å². The van der Waals surface area contributed by atoms with Gasteiger partial charge in [0, 0.05) is 30.8 Å². The maximum Gasteiger partial charge on any atom is 0.410 e. The molecule has 1 fully saturated rings. The van der Waals surface area contributed by atoms with E-state index in [4.69, 9.17) is 15.2 Å². The zero-order chi connectivity index (χ0) is 22.5. The van der Waals surface area contributed by atoms with Gasteiger partial charge < -0.3 is 25.4 Å². The average molecular weight is 458 g/mol. The van der Waals surface area contributed by atoms with Gasteiger partial charge in [0.25, 0.3) is 0 Å². The minimum atomic E-state index is -0.207. The van der Waals surface area contributed by atoms with Gasteiger partial charge in [-0.25, -0.2) is 4.79 Å². The van der Waals surface area contributed by atoms with E-state index in [0.717, 1.165) is 60.5 Å². The van der Waals surface area contributed by atoms with Gasteiger partial charge in [-0.3, -0.25) is 4.79 Å². The van der Waals surface area contributed by atoms with Crippen LogP contribution < -0.4 is 15.8 Å². The van der Waals surface area contributed by atoms with Crippen LogP contribution in [0.1, 0.15) is 48.6 Å². The van der Waals surface area contributed by atoms with Gasteiger partial charge >= 0.3 is 6.09 Å². The van der Waals surface area contributed by atoms with Gasteiger partial charge in [-0.2, -0.15) is 0 Å². The highest BCUT2D eigenvalue weighted by Crippen LogP contribution is 2.41. The number of hydrogen-bond donors (Lipinski definition) is 2. The normalized spacial score (nSPS) is 17.7. The van der Waals surface area contributed by atoms with Crippen LogP contribution in [0.2, 0.25) is 0 Å². The third-order valence-electron chi connectivity index (χ3n) is 6.04. The van der Waals surface area contributed by atoms with E-state index in [1.807, 2.05) is 31.2 Å². The molecule has 1 aromatic heterocycles. The third kappa shape index (κ3) is 5.18. The van der Waals surface area contributed by atoms with Gasteiger partial charge in [0.05, 0.1) is 12.3 Å². The summed E-state index contributed by atoms with van der Waals surface area (Å²) in [4.78, 5) is 27.8. The number of fused-ring (bicyclic) bond motifs is 1. The highest BCUT2D eigenvalue weighted by Gasteiger charge is 2.29. The fourth-order valence-corrected chi connectivity index (χ4v) is 5.58. The number of para-hydroxylation sites is 1. The fourth-order valence-electron chi connectivity index (χ4n) is 4.33. The summed E-state index contributed by atoms with van der Waals surface area (Å²) in [5, 5.41) is 3.69. The Morgan fingerprint density at radius 2 is 2.03 bits per heavy atom. The number of carbonyl (C=O) groups is 2. The number of rotatable bonds is 7. The van der Waals surface area contributed by atoms with Crippen LogP contribution in [-0.2, 0) is 28.8 Å². The molecule has 1 aliphatic heterocycles. The number of nitrogens with two attached hydrogens (primary N) is 1. The van der Waals surface area contributed by atoms with Crippen molar-refractivity contribution in [3.63, 3.8) is 0 Å². The first-order chi connectivity index (χ1) is 15.5. The Labute approximate surface area is 192 Å². The molecule has 4 rings (SSSR count). The topological polar surface area (TPSA) is 93.9 Å². The lowest BCUT2D eigenvalue weighted by Crippen LogP contribution is -2.34. The molecule has 1 atom stereocenters. The molecule has 0 spiro atoms. The second-order valence-electron chi connectivity index (χ2n) is 8.28. The molecule has 172 valence electrons. The summed E-state index contributed by atoms with van der Waals surface area (Å²) >= 11 is 1.50. The highest BCUT2D eigenvalue weighted by atomic mass is 32.1. The monoisotopic (exact) mass is 457 g/mol. The minimum Gasteiger partial charge on any atom is -0.494 e. The predicted octanol–water partition coefficient (Wildman–Crippen LogP) is 4.39. The molecule has 0 bridgehead atoms. The van der Waals surface area contributed by atoms with Crippen LogP contribution in [0.5, 0.6) is 5.75 Å². The maximum absolute atomic E-state index is 12.6. The Morgan fingerprint density at radius 3 is 2.81 bits per heavy atom. The lowest BCUT2D eigenvalue weighted by Gasteiger charge is -2.25. The summed E-state index contributed by atoms with van der Waals surface area (Å²) in [6, 6.07) is 7.80. The number of nitrogens with one attached hydrogen (secondary N) is 1. The van der Waals surface area contributed by atoms with E-state index in [1.165, 1.54) is 11.3 Å². The molecule has 2 heterocycles. The van der Waals surface area contributed by atoms with Crippen LogP contribution in [0.3, 0.4) is 0 Å². The minimum absolute atomic E-state index is 0.0707. The van der Waals surface area contributed by atoms with E-state index >= 15 is 0 Å². The number of anilines is 2. The molecule has 2 aliphatic rings. The zero-order valence-corrected chi connectivity index (χ0v) is 19.3.